The number of pyridine rings is 1. The zero-order chi connectivity index (χ0) is 20.8. The summed E-state index contributed by atoms with van der Waals surface area (Å²) in [5.74, 6) is 0.0781. The van der Waals surface area contributed by atoms with Crippen molar-refractivity contribution in [3.8, 4) is 0 Å². The van der Waals surface area contributed by atoms with Gasteiger partial charge in [-0.2, -0.15) is 0 Å². The molecule has 0 unspecified atom stereocenters. The van der Waals surface area contributed by atoms with Crippen molar-refractivity contribution in [2.75, 3.05) is 23.7 Å². The molecule has 0 aliphatic heterocycles. The average Bonchev–Trinajstić information content (AvgIpc) is 3.15. The highest BCUT2D eigenvalue weighted by atomic mass is 32.1. The van der Waals surface area contributed by atoms with Crippen LogP contribution in [-0.4, -0.2) is 39.9 Å². The Hall–Kier alpha value is -3.33. The van der Waals surface area contributed by atoms with Crippen molar-refractivity contribution in [1.29, 1.82) is 0 Å². The monoisotopic (exact) mass is 422 g/mol. The molecule has 0 aromatic carbocycles. The number of amides is 2. The Morgan fingerprint density at radius 2 is 1.83 bits per heavy atom. The number of aryl methyl sites for hydroxylation is 1. The van der Waals surface area contributed by atoms with Gasteiger partial charge >= 0.3 is 0 Å². The second-order valence-electron chi connectivity index (χ2n) is 6.87. The Morgan fingerprint density at radius 3 is 2.63 bits per heavy atom. The number of anilines is 2. The highest BCUT2D eigenvalue weighted by Crippen LogP contribution is 2.38. The molecule has 3 N–H and O–H groups in total. The quantitative estimate of drug-likeness (QED) is 0.505. The first-order chi connectivity index (χ1) is 14.7. The first-order valence-electron chi connectivity index (χ1n) is 9.87. The van der Waals surface area contributed by atoms with E-state index < -0.39 is 0 Å². The van der Waals surface area contributed by atoms with Gasteiger partial charge in [0, 0.05) is 42.8 Å². The molecule has 4 rings (SSSR count). The number of rotatable bonds is 7. The van der Waals surface area contributed by atoms with Crippen LogP contribution in [0.2, 0.25) is 0 Å². The summed E-state index contributed by atoms with van der Waals surface area (Å²) in [5.41, 5.74) is 2.11. The van der Waals surface area contributed by atoms with Gasteiger partial charge < -0.3 is 16.0 Å². The Labute approximate surface area is 178 Å². The largest absolute Gasteiger partial charge is 0.352 e. The fourth-order valence-corrected chi connectivity index (χ4v) is 4.68. The number of carbonyl (C=O) groups excluding carboxylic acids is 2. The van der Waals surface area contributed by atoms with Crippen molar-refractivity contribution < 1.29 is 9.59 Å². The molecule has 0 spiro atoms. The summed E-state index contributed by atoms with van der Waals surface area (Å²) < 4.78 is 0. The van der Waals surface area contributed by atoms with E-state index in [9.17, 15) is 9.59 Å². The van der Waals surface area contributed by atoms with Gasteiger partial charge in [-0.3, -0.25) is 14.6 Å². The smallest absolute Gasteiger partial charge is 0.257 e. The van der Waals surface area contributed by atoms with Crippen LogP contribution in [0.3, 0.4) is 0 Å². The molecular weight excluding hydrogens is 400 g/mol. The summed E-state index contributed by atoms with van der Waals surface area (Å²) >= 11 is 1.50. The van der Waals surface area contributed by atoms with Crippen molar-refractivity contribution in [1.82, 2.24) is 20.3 Å². The van der Waals surface area contributed by atoms with Crippen LogP contribution < -0.4 is 16.0 Å². The molecule has 8 nitrogen and oxygen atoms in total. The van der Waals surface area contributed by atoms with Crippen molar-refractivity contribution in [2.45, 2.75) is 25.7 Å². The topological polar surface area (TPSA) is 109 Å². The predicted molar refractivity (Wildman–Crippen MR) is 116 cm³/mol. The molecule has 3 aromatic heterocycles. The van der Waals surface area contributed by atoms with Gasteiger partial charge in [0.25, 0.3) is 11.8 Å². The molecule has 3 heterocycles. The molecular formula is C21H22N6O2S. The van der Waals surface area contributed by atoms with E-state index in [1.807, 2.05) is 0 Å². The maximum atomic E-state index is 13.0. The van der Waals surface area contributed by atoms with Crippen molar-refractivity contribution in [3.63, 3.8) is 0 Å². The lowest BCUT2D eigenvalue weighted by Gasteiger charge is -2.13. The number of hydrogen-bond donors (Lipinski definition) is 3. The minimum Gasteiger partial charge on any atom is -0.352 e. The number of fused-ring (bicyclic) bond motifs is 1. The van der Waals surface area contributed by atoms with E-state index in [1.54, 1.807) is 36.8 Å². The first kappa shape index (κ1) is 20.0. The normalized spacial score (nSPS) is 12.7. The number of nitrogens with zero attached hydrogens (tertiary/aromatic N) is 3. The molecule has 2 amide bonds. The third kappa shape index (κ3) is 4.62. The molecule has 0 atom stereocenters. The second kappa shape index (κ2) is 9.45. The highest BCUT2D eigenvalue weighted by molar-refractivity contribution is 7.17. The summed E-state index contributed by atoms with van der Waals surface area (Å²) in [6.07, 6.45) is 10.4. The molecule has 30 heavy (non-hydrogen) atoms. The number of aromatic nitrogens is 3. The molecule has 1 aliphatic carbocycles. The van der Waals surface area contributed by atoms with Gasteiger partial charge in [0.15, 0.2) is 0 Å². The average molecular weight is 423 g/mol. The fourth-order valence-electron chi connectivity index (χ4n) is 3.40. The van der Waals surface area contributed by atoms with Crippen molar-refractivity contribution in [2.24, 2.45) is 0 Å². The van der Waals surface area contributed by atoms with E-state index in [4.69, 9.17) is 0 Å². The van der Waals surface area contributed by atoms with Gasteiger partial charge in [0.2, 0.25) is 5.95 Å². The molecule has 9 heteroatoms. The molecule has 0 fully saturated rings. The van der Waals surface area contributed by atoms with E-state index in [-0.39, 0.29) is 11.8 Å². The van der Waals surface area contributed by atoms with Crippen LogP contribution in [0.4, 0.5) is 10.9 Å². The molecule has 0 saturated heterocycles. The maximum Gasteiger partial charge on any atom is 0.257 e. The van der Waals surface area contributed by atoms with E-state index in [2.05, 4.69) is 30.9 Å². The van der Waals surface area contributed by atoms with E-state index in [0.717, 1.165) is 31.2 Å². The van der Waals surface area contributed by atoms with Crippen LogP contribution in [-0.2, 0) is 12.8 Å². The Kier molecular flexibility index (Phi) is 6.29. The Bertz CT molecular complexity index is 1020. The minimum absolute atomic E-state index is 0.174. The number of nitrogens with one attached hydrogen (secondary N) is 3. The van der Waals surface area contributed by atoms with Gasteiger partial charge in [-0.05, 0) is 49.4 Å². The van der Waals surface area contributed by atoms with Crippen LogP contribution >= 0.6 is 11.3 Å². The minimum atomic E-state index is -0.265. The lowest BCUT2D eigenvalue weighted by atomic mass is 9.95. The first-order valence-corrected chi connectivity index (χ1v) is 10.7. The van der Waals surface area contributed by atoms with Crippen LogP contribution in [0.25, 0.3) is 0 Å². The number of thiophene rings is 1. The summed E-state index contributed by atoms with van der Waals surface area (Å²) in [5, 5.41) is 9.54. The molecule has 3 aromatic rings. The van der Waals surface area contributed by atoms with Crippen molar-refractivity contribution >= 4 is 34.1 Å². The Morgan fingerprint density at radius 1 is 1.00 bits per heavy atom. The zero-order valence-electron chi connectivity index (χ0n) is 16.4. The van der Waals surface area contributed by atoms with Crippen molar-refractivity contribution in [3.05, 3.63) is 64.6 Å². The van der Waals surface area contributed by atoms with Crippen LogP contribution in [0.15, 0.2) is 43.0 Å². The van der Waals surface area contributed by atoms with Gasteiger partial charge in [0.05, 0.1) is 11.1 Å². The predicted octanol–water partition coefficient (Wildman–Crippen LogP) is 2.91. The number of hydrogen-bond acceptors (Lipinski definition) is 7. The summed E-state index contributed by atoms with van der Waals surface area (Å²) in [6.45, 7) is 0.914. The van der Waals surface area contributed by atoms with E-state index >= 15 is 0 Å². The highest BCUT2D eigenvalue weighted by Gasteiger charge is 2.26. The molecule has 154 valence electrons. The van der Waals surface area contributed by atoms with Crippen LogP contribution in [0, 0.1) is 0 Å². The fraction of sp³-hybridized carbons (Fsp3) is 0.286. The zero-order valence-corrected chi connectivity index (χ0v) is 17.2. The van der Waals surface area contributed by atoms with Crippen LogP contribution in [0.1, 0.15) is 44.0 Å². The van der Waals surface area contributed by atoms with E-state index in [1.165, 1.54) is 22.4 Å². The van der Waals surface area contributed by atoms with Crippen LogP contribution in [0.5, 0.6) is 0 Å². The van der Waals surface area contributed by atoms with Gasteiger partial charge in [-0.1, -0.05) is 0 Å². The second-order valence-corrected chi connectivity index (χ2v) is 7.97. The molecule has 0 saturated carbocycles. The SMILES string of the molecule is O=C(Nc1sc2c(c1C(=O)NCCNc1ncccn1)CCCC2)c1cccnc1. The number of carbonyl (C=O) groups is 2. The third-order valence-corrected chi connectivity index (χ3v) is 6.02. The summed E-state index contributed by atoms with van der Waals surface area (Å²) in [4.78, 5) is 39.0. The molecule has 0 bridgehead atoms. The lowest BCUT2D eigenvalue weighted by Crippen LogP contribution is -2.30. The van der Waals surface area contributed by atoms with Gasteiger partial charge in [0.1, 0.15) is 5.00 Å². The lowest BCUT2D eigenvalue weighted by molar-refractivity contribution is 0.0955. The molecule has 1 aliphatic rings. The summed E-state index contributed by atoms with van der Waals surface area (Å²) in [6, 6.07) is 5.16. The van der Waals surface area contributed by atoms with Gasteiger partial charge in [-0.25, -0.2) is 9.97 Å². The third-order valence-electron chi connectivity index (χ3n) is 4.81. The maximum absolute atomic E-state index is 13.0. The Balaban J connectivity index is 1.46. The molecule has 0 radical (unpaired) electrons. The van der Waals surface area contributed by atoms with Gasteiger partial charge in [-0.15, -0.1) is 11.3 Å². The summed E-state index contributed by atoms with van der Waals surface area (Å²) in [7, 11) is 0. The van der Waals surface area contributed by atoms with E-state index in [0.29, 0.717) is 35.2 Å². The standard InChI is InChI=1S/C21H22N6O2S/c28-18(14-5-3-8-22-13-14)27-20-17(15-6-1-2-7-16(15)30-20)19(29)23-11-12-26-21-24-9-4-10-25-21/h3-5,8-10,13H,1-2,6-7,11-12H2,(H,23,29)(H,27,28)(H,24,25,26).